The molecule has 2 unspecified atom stereocenters. The first-order chi connectivity index (χ1) is 10.1. The quantitative estimate of drug-likeness (QED) is 0.887. The Hall–Kier alpha value is -0.930. The smallest absolute Gasteiger partial charge is 0.123 e. The molecule has 3 heteroatoms. The largest absolute Gasteiger partial charge is 0.320 e. The molecule has 0 aliphatic carbocycles. The molecule has 0 saturated carbocycles. The van der Waals surface area contributed by atoms with E-state index in [-0.39, 0.29) is 5.82 Å². The average molecular weight is 292 g/mol. The minimum absolute atomic E-state index is 0.194. The van der Waals surface area contributed by atoms with Gasteiger partial charge in [-0.3, -0.25) is 4.90 Å². The second-order valence-corrected chi connectivity index (χ2v) is 6.28. The van der Waals surface area contributed by atoms with Crippen molar-refractivity contribution >= 4 is 0 Å². The summed E-state index contributed by atoms with van der Waals surface area (Å²) in [5.74, 6) is -0.194. The second kappa shape index (κ2) is 7.37. The fraction of sp³-hybridized carbons (Fsp3) is 0.667. The summed E-state index contributed by atoms with van der Waals surface area (Å²) in [5.41, 5.74) is 7.50. The van der Waals surface area contributed by atoms with E-state index in [1.165, 1.54) is 37.8 Å². The number of halogens is 1. The second-order valence-electron chi connectivity index (χ2n) is 6.28. The van der Waals surface area contributed by atoms with Gasteiger partial charge < -0.3 is 5.73 Å². The van der Waals surface area contributed by atoms with Crippen LogP contribution in [0.15, 0.2) is 24.3 Å². The molecule has 1 aliphatic heterocycles. The molecule has 2 rings (SSSR count). The van der Waals surface area contributed by atoms with E-state index < -0.39 is 5.54 Å². The lowest BCUT2D eigenvalue weighted by molar-refractivity contribution is 0.113. The van der Waals surface area contributed by atoms with Crippen LogP contribution in [-0.4, -0.2) is 24.0 Å². The predicted octanol–water partition coefficient (Wildman–Crippen LogP) is 4.04. The Balaban J connectivity index is 2.28. The zero-order valence-corrected chi connectivity index (χ0v) is 13.4. The summed E-state index contributed by atoms with van der Waals surface area (Å²) < 4.78 is 13.2. The van der Waals surface area contributed by atoms with Crippen molar-refractivity contribution in [2.24, 2.45) is 5.73 Å². The first kappa shape index (κ1) is 16.4. The van der Waals surface area contributed by atoms with Crippen LogP contribution < -0.4 is 5.73 Å². The molecule has 118 valence electrons. The van der Waals surface area contributed by atoms with Crippen LogP contribution in [0.25, 0.3) is 0 Å². The Labute approximate surface area is 128 Å². The molecule has 0 amide bonds. The Morgan fingerprint density at radius 2 is 1.67 bits per heavy atom. The van der Waals surface area contributed by atoms with Gasteiger partial charge in [0.15, 0.2) is 0 Å². The molecule has 2 N–H and O–H groups in total. The summed E-state index contributed by atoms with van der Waals surface area (Å²) in [6, 6.07) is 7.10. The molecular formula is C18H29FN2. The van der Waals surface area contributed by atoms with Crippen LogP contribution in [0, 0.1) is 5.82 Å². The van der Waals surface area contributed by atoms with Crippen molar-refractivity contribution < 1.29 is 4.39 Å². The molecule has 0 radical (unpaired) electrons. The Bertz CT molecular complexity index is 423. The van der Waals surface area contributed by atoms with Gasteiger partial charge in [-0.05, 0) is 56.5 Å². The summed E-state index contributed by atoms with van der Waals surface area (Å²) in [6.45, 7) is 6.64. The number of hydrogen-bond acceptors (Lipinski definition) is 2. The molecule has 0 aromatic heterocycles. The number of likely N-dealkylation sites (tertiary alicyclic amines) is 1. The molecule has 1 aliphatic rings. The minimum atomic E-state index is -0.396. The van der Waals surface area contributed by atoms with Crippen molar-refractivity contribution in [2.75, 3.05) is 13.1 Å². The third kappa shape index (κ3) is 3.64. The van der Waals surface area contributed by atoms with Gasteiger partial charge in [0.25, 0.3) is 0 Å². The zero-order valence-electron chi connectivity index (χ0n) is 13.4. The van der Waals surface area contributed by atoms with Gasteiger partial charge in [-0.15, -0.1) is 0 Å². The molecule has 0 bridgehead atoms. The summed E-state index contributed by atoms with van der Waals surface area (Å²) in [5, 5.41) is 0. The van der Waals surface area contributed by atoms with Crippen molar-refractivity contribution in [1.82, 2.24) is 4.90 Å². The van der Waals surface area contributed by atoms with Crippen molar-refractivity contribution in [3.05, 3.63) is 35.6 Å². The van der Waals surface area contributed by atoms with Crippen LogP contribution in [-0.2, 0) is 5.54 Å². The van der Waals surface area contributed by atoms with Crippen LogP contribution in [0.4, 0.5) is 4.39 Å². The van der Waals surface area contributed by atoms with E-state index in [0.717, 1.165) is 31.5 Å². The molecule has 1 saturated heterocycles. The first-order valence-corrected chi connectivity index (χ1v) is 8.40. The van der Waals surface area contributed by atoms with Gasteiger partial charge in [0, 0.05) is 6.04 Å². The normalized spacial score (nSPS) is 21.5. The lowest BCUT2D eigenvalue weighted by Crippen LogP contribution is -2.56. The lowest BCUT2D eigenvalue weighted by atomic mass is 9.79. The maximum atomic E-state index is 13.2. The topological polar surface area (TPSA) is 29.3 Å². The monoisotopic (exact) mass is 292 g/mol. The molecule has 1 fully saturated rings. The van der Waals surface area contributed by atoms with Crippen molar-refractivity contribution in [3.8, 4) is 0 Å². The highest BCUT2D eigenvalue weighted by Crippen LogP contribution is 2.32. The van der Waals surface area contributed by atoms with Gasteiger partial charge in [0.05, 0.1) is 5.54 Å². The molecule has 2 nitrogen and oxygen atoms in total. The summed E-state index contributed by atoms with van der Waals surface area (Å²) in [4.78, 5) is 2.57. The fourth-order valence-electron chi connectivity index (χ4n) is 3.75. The molecule has 21 heavy (non-hydrogen) atoms. The van der Waals surface area contributed by atoms with E-state index in [1.807, 2.05) is 12.1 Å². The molecular weight excluding hydrogens is 263 g/mol. The highest BCUT2D eigenvalue weighted by molar-refractivity contribution is 5.27. The Kier molecular flexibility index (Phi) is 5.77. The van der Waals surface area contributed by atoms with E-state index in [0.29, 0.717) is 6.04 Å². The Morgan fingerprint density at radius 1 is 1.10 bits per heavy atom. The van der Waals surface area contributed by atoms with E-state index in [9.17, 15) is 4.39 Å². The van der Waals surface area contributed by atoms with Crippen LogP contribution >= 0.6 is 0 Å². The number of nitrogens with zero attached hydrogens (tertiary/aromatic N) is 1. The third-order valence-corrected chi connectivity index (χ3v) is 5.03. The van der Waals surface area contributed by atoms with Crippen molar-refractivity contribution in [2.45, 2.75) is 64.0 Å². The molecule has 1 aromatic rings. The SMILES string of the molecule is CCC(N1CCCCCC1)C(N)(CC)c1ccc(F)cc1. The maximum absolute atomic E-state index is 13.2. The predicted molar refractivity (Wildman–Crippen MR) is 86.7 cm³/mol. The van der Waals surface area contributed by atoms with E-state index in [2.05, 4.69) is 18.7 Å². The molecule has 0 spiro atoms. The number of rotatable bonds is 5. The lowest BCUT2D eigenvalue weighted by Gasteiger charge is -2.43. The minimum Gasteiger partial charge on any atom is -0.320 e. The van der Waals surface area contributed by atoms with E-state index in [4.69, 9.17) is 5.73 Å². The van der Waals surface area contributed by atoms with E-state index in [1.54, 1.807) is 0 Å². The van der Waals surface area contributed by atoms with Crippen LogP contribution in [0.5, 0.6) is 0 Å². The number of nitrogens with two attached hydrogens (primary N) is 1. The highest BCUT2D eigenvalue weighted by atomic mass is 19.1. The number of hydrogen-bond donors (Lipinski definition) is 1. The van der Waals surface area contributed by atoms with Gasteiger partial charge in [-0.1, -0.05) is 38.8 Å². The fourth-order valence-corrected chi connectivity index (χ4v) is 3.75. The van der Waals surface area contributed by atoms with Crippen LogP contribution in [0.3, 0.4) is 0 Å². The average Bonchev–Trinajstić information content (AvgIpc) is 2.77. The number of benzene rings is 1. The molecule has 1 aromatic carbocycles. The van der Waals surface area contributed by atoms with Gasteiger partial charge in [-0.25, -0.2) is 4.39 Å². The van der Waals surface area contributed by atoms with Gasteiger partial charge in [0.1, 0.15) is 5.82 Å². The summed E-state index contributed by atoms with van der Waals surface area (Å²) in [7, 11) is 0. The zero-order chi connectivity index (χ0) is 15.3. The Morgan fingerprint density at radius 3 is 2.14 bits per heavy atom. The van der Waals surface area contributed by atoms with Gasteiger partial charge in [-0.2, -0.15) is 0 Å². The summed E-state index contributed by atoms with van der Waals surface area (Å²) in [6.07, 6.45) is 7.08. The van der Waals surface area contributed by atoms with Gasteiger partial charge >= 0.3 is 0 Å². The van der Waals surface area contributed by atoms with Crippen LogP contribution in [0.2, 0.25) is 0 Å². The first-order valence-electron chi connectivity index (χ1n) is 8.40. The molecule has 2 atom stereocenters. The summed E-state index contributed by atoms with van der Waals surface area (Å²) >= 11 is 0. The maximum Gasteiger partial charge on any atom is 0.123 e. The van der Waals surface area contributed by atoms with E-state index >= 15 is 0 Å². The van der Waals surface area contributed by atoms with Crippen molar-refractivity contribution in [1.29, 1.82) is 0 Å². The molecule has 1 heterocycles. The highest BCUT2D eigenvalue weighted by Gasteiger charge is 2.37. The standard InChI is InChI=1S/C18H29FN2/c1-3-17(21-13-7-5-6-8-14-21)18(20,4-2)15-9-11-16(19)12-10-15/h9-12,17H,3-8,13-14,20H2,1-2H3. The van der Waals surface area contributed by atoms with Crippen LogP contribution in [0.1, 0.15) is 57.9 Å². The van der Waals surface area contributed by atoms with Gasteiger partial charge in [0.2, 0.25) is 0 Å². The third-order valence-electron chi connectivity index (χ3n) is 5.03. The van der Waals surface area contributed by atoms with Crippen molar-refractivity contribution in [3.63, 3.8) is 0 Å².